The quantitative estimate of drug-likeness (QED) is 0.287. The van der Waals surface area contributed by atoms with Crippen LogP contribution in [0.1, 0.15) is 18.1 Å². The highest BCUT2D eigenvalue weighted by atomic mass is 16.6. The SMILES string of the molecule is COc1cccc(OCc2ccccc2NC(=O)/C=C/c2ccc(OC)c(OC(C)=O)c2)c1. The standard InChI is InChI=1S/C26H25NO6/c1-18(28)33-25-15-19(11-13-24(25)31-3)12-14-26(29)27-23-10-5-4-7-20(23)17-32-22-9-6-8-21(16-22)30-2/h4-16H,17H2,1-3H3,(H,27,29)/b14-12+. The van der Waals surface area contributed by atoms with Crippen LogP contribution in [0.5, 0.6) is 23.0 Å². The van der Waals surface area contributed by atoms with E-state index in [1.54, 1.807) is 37.5 Å². The van der Waals surface area contributed by atoms with Gasteiger partial charge < -0.3 is 24.3 Å². The van der Waals surface area contributed by atoms with Gasteiger partial charge in [0.2, 0.25) is 5.91 Å². The van der Waals surface area contributed by atoms with E-state index in [9.17, 15) is 9.59 Å². The number of amides is 1. The van der Waals surface area contributed by atoms with E-state index in [1.165, 1.54) is 20.1 Å². The van der Waals surface area contributed by atoms with Crippen molar-refractivity contribution in [3.63, 3.8) is 0 Å². The molecule has 0 fully saturated rings. The summed E-state index contributed by atoms with van der Waals surface area (Å²) in [5.41, 5.74) is 2.14. The highest BCUT2D eigenvalue weighted by molar-refractivity contribution is 6.02. The van der Waals surface area contributed by atoms with Gasteiger partial charge >= 0.3 is 5.97 Å². The van der Waals surface area contributed by atoms with Crippen LogP contribution >= 0.6 is 0 Å². The van der Waals surface area contributed by atoms with Crippen LogP contribution in [0.2, 0.25) is 0 Å². The Hall–Kier alpha value is -4.26. The smallest absolute Gasteiger partial charge is 0.308 e. The Balaban J connectivity index is 1.67. The third kappa shape index (κ3) is 6.87. The lowest BCUT2D eigenvalue weighted by Gasteiger charge is -2.12. The zero-order valence-corrected chi connectivity index (χ0v) is 18.7. The van der Waals surface area contributed by atoms with Crippen molar-refractivity contribution < 1.29 is 28.5 Å². The summed E-state index contributed by atoms with van der Waals surface area (Å²) in [6.45, 7) is 1.59. The van der Waals surface area contributed by atoms with Gasteiger partial charge in [-0.05, 0) is 42.0 Å². The molecule has 3 aromatic carbocycles. The molecule has 0 unspecified atom stereocenters. The summed E-state index contributed by atoms with van der Waals surface area (Å²) in [4.78, 5) is 23.8. The number of nitrogens with one attached hydrogen (secondary N) is 1. The second kappa shape index (κ2) is 11.4. The predicted octanol–water partition coefficient (Wildman–Crippen LogP) is 4.86. The molecule has 170 valence electrons. The zero-order chi connectivity index (χ0) is 23.6. The largest absolute Gasteiger partial charge is 0.497 e. The second-order valence-electron chi connectivity index (χ2n) is 6.95. The van der Waals surface area contributed by atoms with Gasteiger partial charge in [0.05, 0.1) is 14.2 Å². The van der Waals surface area contributed by atoms with Crippen molar-refractivity contribution in [3.05, 3.63) is 83.9 Å². The minimum Gasteiger partial charge on any atom is -0.497 e. The predicted molar refractivity (Wildman–Crippen MR) is 126 cm³/mol. The molecule has 33 heavy (non-hydrogen) atoms. The highest BCUT2D eigenvalue weighted by Gasteiger charge is 2.09. The number of carbonyl (C=O) groups is 2. The fourth-order valence-corrected chi connectivity index (χ4v) is 3.00. The number of rotatable bonds is 9. The molecule has 7 nitrogen and oxygen atoms in total. The molecule has 0 aromatic heterocycles. The Morgan fingerprint density at radius 1 is 0.879 bits per heavy atom. The summed E-state index contributed by atoms with van der Waals surface area (Å²) >= 11 is 0. The second-order valence-corrected chi connectivity index (χ2v) is 6.95. The van der Waals surface area contributed by atoms with Crippen LogP contribution < -0.4 is 24.3 Å². The molecule has 7 heteroatoms. The number of methoxy groups -OCH3 is 2. The van der Waals surface area contributed by atoms with Gasteiger partial charge in [0.1, 0.15) is 18.1 Å². The van der Waals surface area contributed by atoms with Gasteiger partial charge in [0.25, 0.3) is 0 Å². The highest BCUT2D eigenvalue weighted by Crippen LogP contribution is 2.29. The summed E-state index contributed by atoms with van der Waals surface area (Å²) in [5.74, 6) is 1.31. The Morgan fingerprint density at radius 2 is 1.67 bits per heavy atom. The number of anilines is 1. The summed E-state index contributed by atoms with van der Waals surface area (Å²) in [6.07, 6.45) is 3.02. The first-order valence-corrected chi connectivity index (χ1v) is 10.2. The molecule has 0 atom stereocenters. The van der Waals surface area contributed by atoms with Gasteiger partial charge in [-0.2, -0.15) is 0 Å². The van der Waals surface area contributed by atoms with E-state index >= 15 is 0 Å². The molecule has 0 spiro atoms. The fourth-order valence-electron chi connectivity index (χ4n) is 3.00. The Morgan fingerprint density at radius 3 is 2.42 bits per heavy atom. The monoisotopic (exact) mass is 447 g/mol. The lowest BCUT2D eigenvalue weighted by Crippen LogP contribution is -2.10. The average Bonchev–Trinajstić information content (AvgIpc) is 2.82. The number of para-hydroxylation sites is 1. The van der Waals surface area contributed by atoms with Gasteiger partial charge in [-0.25, -0.2) is 0 Å². The van der Waals surface area contributed by atoms with Gasteiger partial charge in [-0.3, -0.25) is 9.59 Å². The third-order valence-electron chi connectivity index (χ3n) is 4.58. The van der Waals surface area contributed by atoms with Crippen LogP contribution in [0.25, 0.3) is 6.08 Å². The van der Waals surface area contributed by atoms with Crippen molar-refractivity contribution in [2.24, 2.45) is 0 Å². The molecule has 0 heterocycles. The minimum absolute atomic E-state index is 0.275. The van der Waals surface area contributed by atoms with E-state index in [0.29, 0.717) is 28.5 Å². The van der Waals surface area contributed by atoms with Crippen molar-refractivity contribution in [1.82, 2.24) is 0 Å². The third-order valence-corrected chi connectivity index (χ3v) is 4.58. The summed E-state index contributed by atoms with van der Waals surface area (Å²) in [6, 6.07) is 19.8. The van der Waals surface area contributed by atoms with Crippen LogP contribution in [-0.2, 0) is 16.2 Å². The van der Waals surface area contributed by atoms with Crippen LogP contribution in [0.4, 0.5) is 5.69 Å². The van der Waals surface area contributed by atoms with E-state index in [-0.39, 0.29) is 18.3 Å². The molecule has 0 aliphatic rings. The Labute approximate surface area is 192 Å². The van der Waals surface area contributed by atoms with Crippen LogP contribution in [0.3, 0.4) is 0 Å². The molecule has 3 aromatic rings. The molecule has 0 radical (unpaired) electrons. The molecular weight excluding hydrogens is 422 g/mol. The molecule has 1 amide bonds. The average molecular weight is 447 g/mol. The van der Waals surface area contributed by atoms with Gasteiger partial charge in [-0.1, -0.05) is 30.3 Å². The molecule has 3 rings (SSSR count). The Bertz CT molecular complexity index is 1160. The van der Waals surface area contributed by atoms with Gasteiger partial charge in [-0.15, -0.1) is 0 Å². The van der Waals surface area contributed by atoms with Crippen molar-refractivity contribution in [3.8, 4) is 23.0 Å². The van der Waals surface area contributed by atoms with Gasteiger partial charge in [0.15, 0.2) is 11.5 Å². The molecule has 0 saturated heterocycles. The van der Waals surface area contributed by atoms with E-state index in [2.05, 4.69) is 5.32 Å². The first-order chi connectivity index (χ1) is 16.0. The van der Waals surface area contributed by atoms with Crippen LogP contribution in [-0.4, -0.2) is 26.1 Å². The van der Waals surface area contributed by atoms with Gasteiger partial charge in [0, 0.05) is 30.3 Å². The molecule has 0 aliphatic carbocycles. The molecule has 0 aliphatic heterocycles. The molecular formula is C26H25NO6. The Kier molecular flexibility index (Phi) is 8.07. The van der Waals surface area contributed by atoms with Crippen molar-refractivity contribution in [2.45, 2.75) is 13.5 Å². The summed E-state index contributed by atoms with van der Waals surface area (Å²) in [5, 5.41) is 2.87. The van der Waals surface area contributed by atoms with Crippen LogP contribution in [0, 0.1) is 0 Å². The fraction of sp³-hybridized carbons (Fsp3) is 0.154. The van der Waals surface area contributed by atoms with E-state index < -0.39 is 5.97 Å². The number of benzene rings is 3. The summed E-state index contributed by atoms with van der Waals surface area (Å²) < 4.78 is 21.4. The van der Waals surface area contributed by atoms with E-state index in [4.69, 9.17) is 18.9 Å². The number of hydrogen-bond donors (Lipinski definition) is 1. The van der Waals surface area contributed by atoms with Crippen molar-refractivity contribution in [1.29, 1.82) is 0 Å². The van der Waals surface area contributed by atoms with Crippen LogP contribution in [0.15, 0.2) is 72.8 Å². The lowest BCUT2D eigenvalue weighted by molar-refractivity contribution is -0.132. The topological polar surface area (TPSA) is 83.1 Å². The number of hydrogen-bond acceptors (Lipinski definition) is 6. The van der Waals surface area contributed by atoms with E-state index in [1.807, 2.05) is 42.5 Å². The molecule has 0 bridgehead atoms. The van der Waals surface area contributed by atoms with E-state index in [0.717, 1.165) is 5.56 Å². The maximum absolute atomic E-state index is 12.5. The zero-order valence-electron chi connectivity index (χ0n) is 18.7. The van der Waals surface area contributed by atoms with Crippen molar-refractivity contribution >= 4 is 23.6 Å². The van der Waals surface area contributed by atoms with Crippen molar-refractivity contribution in [2.75, 3.05) is 19.5 Å². The minimum atomic E-state index is -0.458. The number of carbonyl (C=O) groups excluding carboxylic acids is 2. The first-order valence-electron chi connectivity index (χ1n) is 10.2. The molecule has 0 saturated carbocycles. The molecule has 1 N–H and O–H groups in total. The maximum atomic E-state index is 12.5. The first kappa shape index (κ1) is 23.4. The lowest BCUT2D eigenvalue weighted by atomic mass is 10.1. The normalized spacial score (nSPS) is 10.5. The number of ether oxygens (including phenoxy) is 4. The summed E-state index contributed by atoms with van der Waals surface area (Å²) in [7, 11) is 3.08. The number of esters is 1. The maximum Gasteiger partial charge on any atom is 0.308 e.